The number of pyridine rings is 2. The summed E-state index contributed by atoms with van der Waals surface area (Å²) in [6, 6.07) is 18.4. The van der Waals surface area contributed by atoms with Gasteiger partial charge >= 0.3 is 0 Å². The second kappa shape index (κ2) is 9.78. The fourth-order valence-electron chi connectivity index (χ4n) is 4.54. The standard InChI is InChI=1S/C29H15Cl3N4O3/c30-26-19(16-8-10-36-24(11-16)33-13-18(14-37)29(36)39)3-1-5-21(26)22-6-2-4-20(27(22)31)17-7-9-35-25(12-17)34-23(15-38)28(35)32/h1-15H. The molecule has 4 heterocycles. The van der Waals surface area contributed by atoms with Crippen molar-refractivity contribution in [2.75, 3.05) is 0 Å². The quantitative estimate of drug-likeness (QED) is 0.209. The maximum Gasteiger partial charge on any atom is 0.268 e. The minimum Gasteiger partial charge on any atom is -0.298 e. The van der Waals surface area contributed by atoms with Gasteiger partial charge in [0.25, 0.3) is 5.56 Å². The van der Waals surface area contributed by atoms with Gasteiger partial charge in [-0.2, -0.15) is 0 Å². The molecule has 0 N–H and O–H groups in total. The van der Waals surface area contributed by atoms with Gasteiger partial charge in [0.15, 0.2) is 12.6 Å². The van der Waals surface area contributed by atoms with Crippen molar-refractivity contribution >= 4 is 58.7 Å². The summed E-state index contributed by atoms with van der Waals surface area (Å²) in [5.41, 5.74) is 5.06. The summed E-state index contributed by atoms with van der Waals surface area (Å²) in [6.45, 7) is 0. The van der Waals surface area contributed by atoms with E-state index in [0.29, 0.717) is 33.9 Å². The number of rotatable bonds is 5. The number of benzene rings is 2. The summed E-state index contributed by atoms with van der Waals surface area (Å²) in [6.07, 6.45) is 5.66. The molecule has 0 radical (unpaired) electrons. The van der Waals surface area contributed by atoms with Crippen LogP contribution in [-0.4, -0.2) is 31.3 Å². The highest BCUT2D eigenvalue weighted by Gasteiger charge is 2.17. The molecule has 0 amide bonds. The van der Waals surface area contributed by atoms with Crippen molar-refractivity contribution < 1.29 is 9.59 Å². The third-order valence-electron chi connectivity index (χ3n) is 6.48. The molecule has 0 saturated heterocycles. The van der Waals surface area contributed by atoms with Gasteiger partial charge in [0.1, 0.15) is 22.1 Å². The molecule has 0 aliphatic heterocycles. The van der Waals surface area contributed by atoms with Gasteiger partial charge in [-0.25, -0.2) is 9.97 Å². The number of carbonyl (C=O) groups excluding carboxylic acids is 2. The van der Waals surface area contributed by atoms with Crippen LogP contribution < -0.4 is 5.56 Å². The summed E-state index contributed by atoms with van der Waals surface area (Å²) in [7, 11) is 0. The minimum atomic E-state index is -0.441. The number of halogens is 3. The second-order valence-corrected chi connectivity index (χ2v) is 9.78. The Bertz CT molecular complexity index is 2030. The molecule has 190 valence electrons. The largest absolute Gasteiger partial charge is 0.298 e. The lowest BCUT2D eigenvalue weighted by Gasteiger charge is -2.14. The predicted octanol–water partition coefficient (Wildman–Crippen LogP) is 6.93. The van der Waals surface area contributed by atoms with Gasteiger partial charge < -0.3 is 0 Å². The van der Waals surface area contributed by atoms with E-state index in [1.54, 1.807) is 28.9 Å². The molecule has 2 aromatic carbocycles. The van der Waals surface area contributed by atoms with Crippen LogP contribution in [-0.2, 0) is 0 Å². The first-order valence-corrected chi connectivity index (χ1v) is 12.7. The van der Waals surface area contributed by atoms with Gasteiger partial charge in [-0.05, 0) is 35.4 Å². The topological polar surface area (TPSA) is 85.8 Å². The highest BCUT2D eigenvalue weighted by Crippen LogP contribution is 2.42. The monoisotopic (exact) mass is 572 g/mol. The third kappa shape index (κ3) is 4.12. The first kappa shape index (κ1) is 25.0. The zero-order valence-electron chi connectivity index (χ0n) is 19.8. The molecular weight excluding hydrogens is 559 g/mol. The Hall–Kier alpha value is -4.30. The van der Waals surface area contributed by atoms with Crippen LogP contribution in [0.3, 0.4) is 0 Å². The molecule has 10 heteroatoms. The van der Waals surface area contributed by atoms with E-state index in [4.69, 9.17) is 34.8 Å². The van der Waals surface area contributed by atoms with Crippen LogP contribution >= 0.6 is 34.8 Å². The number of aldehydes is 2. The number of hydrogen-bond acceptors (Lipinski definition) is 5. The Morgan fingerprint density at radius 1 is 0.692 bits per heavy atom. The lowest BCUT2D eigenvalue weighted by molar-refractivity contribution is 0.111. The molecule has 7 nitrogen and oxygen atoms in total. The normalized spacial score (nSPS) is 11.3. The van der Waals surface area contributed by atoms with Crippen molar-refractivity contribution in [1.82, 2.24) is 18.8 Å². The lowest BCUT2D eigenvalue weighted by atomic mass is 9.96. The molecule has 0 aliphatic carbocycles. The van der Waals surface area contributed by atoms with E-state index in [2.05, 4.69) is 9.97 Å². The molecule has 39 heavy (non-hydrogen) atoms. The molecule has 0 saturated carbocycles. The van der Waals surface area contributed by atoms with E-state index in [0.717, 1.165) is 33.4 Å². The average Bonchev–Trinajstić information content (AvgIpc) is 3.28. The first-order valence-electron chi connectivity index (χ1n) is 11.6. The number of aromatic nitrogens is 4. The van der Waals surface area contributed by atoms with E-state index in [1.165, 1.54) is 10.6 Å². The third-order valence-corrected chi connectivity index (χ3v) is 7.67. The molecule has 0 spiro atoms. The van der Waals surface area contributed by atoms with E-state index >= 15 is 0 Å². The summed E-state index contributed by atoms with van der Waals surface area (Å²) in [5.74, 6) is 0. The van der Waals surface area contributed by atoms with Crippen LogP contribution in [0.25, 0.3) is 44.7 Å². The summed E-state index contributed by atoms with van der Waals surface area (Å²) < 4.78 is 2.94. The van der Waals surface area contributed by atoms with Crippen LogP contribution in [0.2, 0.25) is 15.2 Å². The van der Waals surface area contributed by atoms with Crippen LogP contribution in [0.5, 0.6) is 0 Å². The molecule has 0 unspecified atom stereocenters. The van der Waals surface area contributed by atoms with E-state index in [-0.39, 0.29) is 16.4 Å². The Balaban J connectivity index is 1.45. The van der Waals surface area contributed by atoms with Gasteiger partial charge in [0.05, 0.1) is 15.6 Å². The number of nitrogens with zero attached hydrogens (tertiary/aromatic N) is 4. The first-order chi connectivity index (χ1) is 18.9. The van der Waals surface area contributed by atoms with Crippen molar-refractivity contribution in [1.29, 1.82) is 0 Å². The summed E-state index contributed by atoms with van der Waals surface area (Å²) >= 11 is 20.1. The van der Waals surface area contributed by atoms with Gasteiger partial charge in [0, 0.05) is 40.8 Å². The predicted molar refractivity (Wildman–Crippen MR) is 152 cm³/mol. The SMILES string of the molecule is O=Cc1nc2cc(-c3cccc(-c4cccc(-c5ccn6c(=O)c(C=O)cnc6c5)c4Cl)c3Cl)ccn2c1Cl. The van der Waals surface area contributed by atoms with Gasteiger partial charge in [-0.15, -0.1) is 0 Å². The minimum absolute atomic E-state index is 0.0195. The lowest BCUT2D eigenvalue weighted by Crippen LogP contribution is -2.18. The summed E-state index contributed by atoms with van der Waals surface area (Å²) in [4.78, 5) is 43.3. The van der Waals surface area contributed by atoms with Crippen molar-refractivity contribution in [3.05, 3.63) is 116 Å². The van der Waals surface area contributed by atoms with E-state index in [1.807, 2.05) is 48.5 Å². The molecular formula is C29H15Cl3N4O3. The fraction of sp³-hybridized carbons (Fsp3) is 0. The van der Waals surface area contributed by atoms with Crippen LogP contribution in [0.1, 0.15) is 20.8 Å². The molecule has 6 aromatic rings. The molecule has 0 atom stereocenters. The molecule has 0 aliphatic rings. The number of carbonyl (C=O) groups is 2. The van der Waals surface area contributed by atoms with Crippen molar-refractivity contribution in [2.45, 2.75) is 0 Å². The Kier molecular flexibility index (Phi) is 6.27. The van der Waals surface area contributed by atoms with Crippen LogP contribution in [0.4, 0.5) is 0 Å². The van der Waals surface area contributed by atoms with Gasteiger partial charge in [-0.3, -0.25) is 23.2 Å². The van der Waals surface area contributed by atoms with Crippen LogP contribution in [0, 0.1) is 0 Å². The maximum atomic E-state index is 12.4. The highest BCUT2D eigenvalue weighted by molar-refractivity contribution is 6.39. The molecule has 0 bridgehead atoms. The van der Waals surface area contributed by atoms with Gasteiger partial charge in [0.2, 0.25) is 0 Å². The Morgan fingerprint density at radius 2 is 1.26 bits per heavy atom. The fourth-order valence-corrected chi connectivity index (χ4v) is 5.44. The molecule has 0 fully saturated rings. The van der Waals surface area contributed by atoms with Crippen LogP contribution in [0.15, 0.2) is 84.0 Å². The number of imidazole rings is 1. The van der Waals surface area contributed by atoms with Crippen molar-refractivity contribution in [3.63, 3.8) is 0 Å². The average molecular weight is 574 g/mol. The zero-order chi connectivity index (χ0) is 27.3. The van der Waals surface area contributed by atoms with E-state index < -0.39 is 5.56 Å². The second-order valence-electron chi connectivity index (χ2n) is 8.66. The Morgan fingerprint density at radius 3 is 1.85 bits per heavy atom. The maximum absolute atomic E-state index is 12.4. The number of hydrogen-bond donors (Lipinski definition) is 0. The summed E-state index contributed by atoms with van der Waals surface area (Å²) in [5, 5.41) is 1.20. The van der Waals surface area contributed by atoms with Gasteiger partial charge in [-0.1, -0.05) is 71.2 Å². The zero-order valence-corrected chi connectivity index (χ0v) is 22.1. The van der Waals surface area contributed by atoms with E-state index in [9.17, 15) is 14.4 Å². The molecule has 4 aromatic heterocycles. The highest BCUT2D eigenvalue weighted by atomic mass is 35.5. The molecule has 6 rings (SSSR count). The smallest absolute Gasteiger partial charge is 0.268 e. The Labute approximate surface area is 235 Å². The van der Waals surface area contributed by atoms with Crippen molar-refractivity contribution in [3.8, 4) is 33.4 Å². The number of fused-ring (bicyclic) bond motifs is 2. The van der Waals surface area contributed by atoms with Crippen molar-refractivity contribution in [2.24, 2.45) is 0 Å².